The number of pyridine rings is 2. The van der Waals surface area contributed by atoms with Gasteiger partial charge in [0, 0.05) is 28.7 Å². The maximum Gasteiger partial charge on any atom is 0.188 e. The van der Waals surface area contributed by atoms with Gasteiger partial charge in [0.2, 0.25) is 0 Å². The summed E-state index contributed by atoms with van der Waals surface area (Å²) in [7, 11) is 0. The van der Waals surface area contributed by atoms with Crippen LogP contribution >= 0.6 is 0 Å². The third kappa shape index (κ3) is 3.44. The summed E-state index contributed by atoms with van der Waals surface area (Å²) in [6.07, 6.45) is 3.99. The molecule has 0 fully saturated rings. The summed E-state index contributed by atoms with van der Waals surface area (Å²) < 4.78 is 11.1. The lowest BCUT2D eigenvalue weighted by Gasteiger charge is -2.26. The lowest BCUT2D eigenvalue weighted by molar-refractivity contribution is 0.0663. The van der Waals surface area contributed by atoms with Gasteiger partial charge < -0.3 is 9.47 Å². The Labute approximate surface area is 164 Å². The first-order valence-electron chi connectivity index (χ1n) is 9.70. The SMILES string of the molecule is CC(C)c1cc2c(cn1)OCC(CC(C)c1cc3c(cn1)COCC3=O)C2=O. The molecule has 146 valence electrons. The van der Waals surface area contributed by atoms with E-state index in [0.29, 0.717) is 36.5 Å². The van der Waals surface area contributed by atoms with Crippen LogP contribution < -0.4 is 4.74 Å². The van der Waals surface area contributed by atoms with Crippen LogP contribution in [0.5, 0.6) is 5.75 Å². The number of fused-ring (bicyclic) bond motifs is 2. The number of rotatable bonds is 4. The molecule has 0 saturated heterocycles. The second-order valence-corrected chi connectivity index (χ2v) is 7.95. The van der Waals surface area contributed by atoms with E-state index in [1.54, 1.807) is 12.4 Å². The summed E-state index contributed by atoms with van der Waals surface area (Å²) in [6.45, 7) is 7.01. The van der Waals surface area contributed by atoms with Gasteiger partial charge in [-0.3, -0.25) is 19.6 Å². The summed E-state index contributed by atoms with van der Waals surface area (Å²) in [6, 6.07) is 3.71. The van der Waals surface area contributed by atoms with Gasteiger partial charge >= 0.3 is 0 Å². The van der Waals surface area contributed by atoms with Gasteiger partial charge in [-0.1, -0.05) is 20.8 Å². The first kappa shape index (κ1) is 18.7. The number of aromatic nitrogens is 2. The van der Waals surface area contributed by atoms with E-state index in [1.165, 1.54) is 0 Å². The fraction of sp³-hybridized carbons (Fsp3) is 0.455. The average molecular weight is 380 g/mol. The van der Waals surface area contributed by atoms with Crippen molar-refractivity contribution in [1.29, 1.82) is 0 Å². The van der Waals surface area contributed by atoms with E-state index >= 15 is 0 Å². The van der Waals surface area contributed by atoms with Gasteiger partial charge in [0.05, 0.1) is 30.9 Å². The van der Waals surface area contributed by atoms with Gasteiger partial charge in [-0.2, -0.15) is 0 Å². The molecule has 6 heteroatoms. The molecule has 0 aromatic carbocycles. The lowest BCUT2D eigenvalue weighted by atomic mass is 9.85. The smallest absolute Gasteiger partial charge is 0.188 e. The van der Waals surface area contributed by atoms with E-state index in [4.69, 9.17) is 9.47 Å². The molecule has 28 heavy (non-hydrogen) atoms. The highest BCUT2D eigenvalue weighted by Gasteiger charge is 2.32. The molecular formula is C22H24N2O4. The zero-order chi connectivity index (χ0) is 19.8. The first-order chi connectivity index (χ1) is 13.4. The highest BCUT2D eigenvalue weighted by atomic mass is 16.5. The van der Waals surface area contributed by atoms with Crippen LogP contribution in [0.3, 0.4) is 0 Å². The van der Waals surface area contributed by atoms with E-state index in [9.17, 15) is 9.59 Å². The third-order valence-electron chi connectivity index (χ3n) is 5.50. The van der Waals surface area contributed by atoms with E-state index in [2.05, 4.69) is 23.8 Å². The van der Waals surface area contributed by atoms with Crippen molar-refractivity contribution in [3.8, 4) is 5.75 Å². The van der Waals surface area contributed by atoms with Crippen LogP contribution in [-0.2, 0) is 11.3 Å². The van der Waals surface area contributed by atoms with Gasteiger partial charge in [0.25, 0.3) is 0 Å². The quantitative estimate of drug-likeness (QED) is 0.805. The van der Waals surface area contributed by atoms with Crippen molar-refractivity contribution in [2.24, 2.45) is 5.92 Å². The lowest BCUT2D eigenvalue weighted by Crippen LogP contribution is -2.29. The molecule has 0 radical (unpaired) electrons. The van der Waals surface area contributed by atoms with E-state index in [-0.39, 0.29) is 35.9 Å². The second kappa shape index (κ2) is 7.43. The maximum absolute atomic E-state index is 13.0. The molecule has 4 rings (SSSR count). The number of ketones is 2. The molecule has 0 saturated carbocycles. The van der Waals surface area contributed by atoms with Crippen molar-refractivity contribution >= 4 is 11.6 Å². The molecule has 4 heterocycles. The number of Topliss-reactive ketones (excluding diaryl/α,β-unsaturated/α-hetero) is 2. The zero-order valence-corrected chi connectivity index (χ0v) is 16.4. The van der Waals surface area contributed by atoms with Crippen molar-refractivity contribution in [1.82, 2.24) is 9.97 Å². The summed E-state index contributed by atoms with van der Waals surface area (Å²) in [4.78, 5) is 34.0. The molecule has 0 aliphatic carbocycles. The molecule has 2 aliphatic heterocycles. The van der Waals surface area contributed by atoms with Crippen LogP contribution in [-0.4, -0.2) is 34.7 Å². The van der Waals surface area contributed by atoms with Crippen molar-refractivity contribution in [3.05, 3.63) is 52.6 Å². The normalized spacial score (nSPS) is 19.8. The summed E-state index contributed by atoms with van der Waals surface area (Å²) in [5.74, 6) is 0.694. The molecule has 0 spiro atoms. The molecule has 2 aromatic rings. The Morgan fingerprint density at radius 3 is 2.57 bits per heavy atom. The summed E-state index contributed by atoms with van der Waals surface area (Å²) in [5, 5.41) is 0. The van der Waals surface area contributed by atoms with Crippen LogP contribution in [0.25, 0.3) is 0 Å². The van der Waals surface area contributed by atoms with Crippen LogP contribution in [0.1, 0.15) is 76.7 Å². The van der Waals surface area contributed by atoms with E-state index < -0.39 is 0 Å². The zero-order valence-electron chi connectivity index (χ0n) is 16.4. The molecule has 2 aromatic heterocycles. The van der Waals surface area contributed by atoms with Crippen molar-refractivity contribution in [2.45, 2.75) is 45.6 Å². The number of nitrogens with zero attached hydrogens (tertiary/aromatic N) is 2. The average Bonchev–Trinajstić information content (AvgIpc) is 2.70. The predicted octanol–water partition coefficient (Wildman–Crippen LogP) is 3.70. The monoisotopic (exact) mass is 380 g/mol. The standard InChI is InChI=1S/C22H24N2O4/c1-12(2)18-6-17-21(8-24-18)28-10-14(22(17)26)4-13(3)19-5-16-15(7-23-19)9-27-11-20(16)25/h5-8,12-14H,4,9-11H2,1-3H3. The van der Waals surface area contributed by atoms with Crippen molar-refractivity contribution in [3.63, 3.8) is 0 Å². The molecule has 6 nitrogen and oxygen atoms in total. The van der Waals surface area contributed by atoms with Gasteiger partial charge in [-0.15, -0.1) is 0 Å². The molecule has 2 atom stereocenters. The number of hydrogen-bond acceptors (Lipinski definition) is 6. The Bertz CT molecular complexity index is 938. The predicted molar refractivity (Wildman–Crippen MR) is 103 cm³/mol. The topological polar surface area (TPSA) is 78.4 Å². The number of carbonyl (C=O) groups is 2. The van der Waals surface area contributed by atoms with Gasteiger partial charge in [0.1, 0.15) is 12.4 Å². The molecule has 0 N–H and O–H groups in total. The number of ether oxygens (including phenoxy) is 2. The fourth-order valence-corrected chi connectivity index (χ4v) is 3.77. The molecular weight excluding hydrogens is 356 g/mol. The fourth-order valence-electron chi connectivity index (χ4n) is 3.77. The van der Waals surface area contributed by atoms with Gasteiger partial charge in [0.15, 0.2) is 11.6 Å². The molecule has 0 bridgehead atoms. The van der Waals surface area contributed by atoms with Crippen molar-refractivity contribution in [2.75, 3.05) is 13.2 Å². The Morgan fingerprint density at radius 1 is 1.04 bits per heavy atom. The van der Waals surface area contributed by atoms with E-state index in [0.717, 1.165) is 17.0 Å². The molecule has 0 amide bonds. The summed E-state index contributed by atoms with van der Waals surface area (Å²) in [5.41, 5.74) is 3.85. The second-order valence-electron chi connectivity index (χ2n) is 7.95. The van der Waals surface area contributed by atoms with E-state index in [1.807, 2.05) is 19.1 Å². The Balaban J connectivity index is 1.53. The Morgan fingerprint density at radius 2 is 1.79 bits per heavy atom. The molecule has 2 unspecified atom stereocenters. The highest BCUT2D eigenvalue weighted by Crippen LogP contribution is 2.33. The minimum absolute atomic E-state index is 0.0168. The van der Waals surface area contributed by atoms with Crippen LogP contribution in [0.15, 0.2) is 24.5 Å². The minimum atomic E-state index is -0.234. The Hall–Kier alpha value is -2.60. The van der Waals surface area contributed by atoms with Crippen LogP contribution in [0, 0.1) is 5.92 Å². The summed E-state index contributed by atoms with van der Waals surface area (Å²) >= 11 is 0. The number of carbonyl (C=O) groups excluding carboxylic acids is 2. The van der Waals surface area contributed by atoms with Crippen molar-refractivity contribution < 1.29 is 19.1 Å². The van der Waals surface area contributed by atoms with Crippen LogP contribution in [0.4, 0.5) is 0 Å². The van der Waals surface area contributed by atoms with Gasteiger partial charge in [-0.25, -0.2) is 0 Å². The largest absolute Gasteiger partial charge is 0.490 e. The number of hydrogen-bond donors (Lipinski definition) is 0. The van der Waals surface area contributed by atoms with Crippen LogP contribution in [0.2, 0.25) is 0 Å². The Kier molecular flexibility index (Phi) is 4.98. The minimum Gasteiger partial charge on any atom is -0.490 e. The third-order valence-corrected chi connectivity index (χ3v) is 5.50. The highest BCUT2D eigenvalue weighted by molar-refractivity contribution is 6.01. The maximum atomic E-state index is 13.0. The first-order valence-corrected chi connectivity index (χ1v) is 9.70. The molecule has 2 aliphatic rings. The van der Waals surface area contributed by atoms with Gasteiger partial charge in [-0.05, 0) is 30.4 Å².